The zero-order chi connectivity index (χ0) is 12.7. The maximum Gasteiger partial charge on any atom is 0.224 e. The fourth-order valence-corrected chi connectivity index (χ4v) is 2.65. The average Bonchev–Trinajstić information content (AvgIpc) is 2.83. The lowest BCUT2D eigenvalue weighted by molar-refractivity contribution is 0.628. The quantitative estimate of drug-likeness (QED) is 0.741. The zero-order valence-electron chi connectivity index (χ0n) is 10.1. The molecule has 0 atom stereocenters. The standard InChI is InChI=1S/C13H13ClFN3/c1-8-6-9(15)7-10-11(8)16-13(14)17-12(10)18-4-2-3-5-18/h6-7H,2-5H2,1H3. The van der Waals surface area contributed by atoms with E-state index >= 15 is 0 Å². The van der Waals surface area contributed by atoms with E-state index < -0.39 is 0 Å². The molecule has 0 saturated carbocycles. The number of aromatic nitrogens is 2. The lowest BCUT2D eigenvalue weighted by atomic mass is 10.1. The second-order valence-corrected chi connectivity index (χ2v) is 4.97. The summed E-state index contributed by atoms with van der Waals surface area (Å²) in [6.07, 6.45) is 2.27. The fraction of sp³-hybridized carbons (Fsp3) is 0.385. The van der Waals surface area contributed by atoms with E-state index in [2.05, 4.69) is 14.9 Å². The summed E-state index contributed by atoms with van der Waals surface area (Å²) in [6, 6.07) is 2.96. The maximum absolute atomic E-state index is 13.6. The largest absolute Gasteiger partial charge is 0.356 e. The Kier molecular flexibility index (Phi) is 2.82. The van der Waals surface area contributed by atoms with Crippen molar-refractivity contribution in [2.75, 3.05) is 18.0 Å². The molecule has 3 nitrogen and oxygen atoms in total. The SMILES string of the molecule is Cc1cc(F)cc2c(N3CCCC3)nc(Cl)nc12. The molecule has 0 bridgehead atoms. The number of benzene rings is 1. The molecule has 1 saturated heterocycles. The molecule has 0 aliphatic carbocycles. The number of hydrogen-bond donors (Lipinski definition) is 0. The highest BCUT2D eigenvalue weighted by atomic mass is 35.5. The minimum Gasteiger partial charge on any atom is -0.356 e. The van der Waals surface area contributed by atoms with Crippen molar-refractivity contribution in [3.63, 3.8) is 0 Å². The van der Waals surface area contributed by atoms with E-state index in [0.717, 1.165) is 48.2 Å². The molecule has 0 spiro atoms. The molecule has 18 heavy (non-hydrogen) atoms. The van der Waals surface area contributed by atoms with E-state index in [-0.39, 0.29) is 11.1 Å². The topological polar surface area (TPSA) is 29.0 Å². The van der Waals surface area contributed by atoms with Crippen molar-refractivity contribution < 1.29 is 4.39 Å². The third-order valence-electron chi connectivity index (χ3n) is 3.31. The molecule has 1 aromatic carbocycles. The van der Waals surface area contributed by atoms with Crippen molar-refractivity contribution in [1.29, 1.82) is 0 Å². The molecule has 0 radical (unpaired) electrons. The van der Waals surface area contributed by atoms with Crippen LogP contribution in [0.2, 0.25) is 5.28 Å². The van der Waals surface area contributed by atoms with Gasteiger partial charge in [-0.25, -0.2) is 9.37 Å². The van der Waals surface area contributed by atoms with Gasteiger partial charge in [0.05, 0.1) is 5.52 Å². The van der Waals surface area contributed by atoms with Crippen LogP contribution in [0.1, 0.15) is 18.4 Å². The van der Waals surface area contributed by atoms with Crippen LogP contribution in [0.3, 0.4) is 0 Å². The van der Waals surface area contributed by atoms with Gasteiger partial charge in [-0.15, -0.1) is 0 Å². The lowest BCUT2D eigenvalue weighted by Crippen LogP contribution is -2.19. The molecule has 94 valence electrons. The summed E-state index contributed by atoms with van der Waals surface area (Å²) in [7, 11) is 0. The van der Waals surface area contributed by atoms with Gasteiger partial charge in [-0.3, -0.25) is 0 Å². The summed E-state index contributed by atoms with van der Waals surface area (Å²) >= 11 is 5.97. The van der Waals surface area contributed by atoms with E-state index in [1.807, 2.05) is 6.92 Å². The molecular weight excluding hydrogens is 253 g/mol. The van der Waals surface area contributed by atoms with Crippen LogP contribution in [-0.4, -0.2) is 23.1 Å². The number of fused-ring (bicyclic) bond motifs is 1. The fourth-order valence-electron chi connectivity index (χ4n) is 2.49. The Morgan fingerprint density at radius 2 is 1.94 bits per heavy atom. The highest BCUT2D eigenvalue weighted by Gasteiger charge is 2.19. The predicted octanol–water partition coefficient (Wildman–Crippen LogP) is 3.33. The van der Waals surface area contributed by atoms with Crippen molar-refractivity contribution in [2.24, 2.45) is 0 Å². The van der Waals surface area contributed by atoms with Crippen LogP contribution < -0.4 is 4.90 Å². The summed E-state index contributed by atoms with van der Waals surface area (Å²) in [4.78, 5) is 10.6. The monoisotopic (exact) mass is 265 g/mol. The van der Waals surface area contributed by atoms with Crippen LogP contribution in [0, 0.1) is 12.7 Å². The Labute approximate surface area is 110 Å². The van der Waals surface area contributed by atoms with Crippen molar-refractivity contribution in [2.45, 2.75) is 19.8 Å². The maximum atomic E-state index is 13.6. The molecule has 1 aromatic heterocycles. The van der Waals surface area contributed by atoms with E-state index in [4.69, 9.17) is 11.6 Å². The van der Waals surface area contributed by atoms with Gasteiger partial charge in [-0.1, -0.05) is 0 Å². The van der Waals surface area contributed by atoms with Gasteiger partial charge in [0.25, 0.3) is 0 Å². The van der Waals surface area contributed by atoms with Crippen LogP contribution in [0.25, 0.3) is 10.9 Å². The van der Waals surface area contributed by atoms with Crippen molar-refractivity contribution in [1.82, 2.24) is 9.97 Å². The molecular formula is C13H13ClFN3. The predicted molar refractivity (Wildman–Crippen MR) is 70.7 cm³/mol. The number of hydrogen-bond acceptors (Lipinski definition) is 3. The normalized spacial score (nSPS) is 15.6. The van der Waals surface area contributed by atoms with Crippen LogP contribution in [0.4, 0.5) is 10.2 Å². The molecule has 3 rings (SSSR count). The van der Waals surface area contributed by atoms with E-state index in [0.29, 0.717) is 0 Å². The van der Waals surface area contributed by atoms with Crippen LogP contribution >= 0.6 is 11.6 Å². The summed E-state index contributed by atoms with van der Waals surface area (Å²) < 4.78 is 13.6. The number of anilines is 1. The van der Waals surface area contributed by atoms with Gasteiger partial charge < -0.3 is 4.90 Å². The minimum absolute atomic E-state index is 0.221. The molecule has 1 fully saturated rings. The first-order chi connectivity index (χ1) is 8.65. The Hall–Kier alpha value is -1.42. The Morgan fingerprint density at radius 1 is 1.22 bits per heavy atom. The summed E-state index contributed by atoms with van der Waals surface area (Å²) in [5, 5.41) is 0.970. The van der Waals surface area contributed by atoms with Gasteiger partial charge >= 0.3 is 0 Å². The Morgan fingerprint density at radius 3 is 2.67 bits per heavy atom. The molecule has 0 unspecified atom stereocenters. The van der Waals surface area contributed by atoms with E-state index in [1.54, 1.807) is 0 Å². The van der Waals surface area contributed by atoms with Crippen LogP contribution in [-0.2, 0) is 0 Å². The summed E-state index contributed by atoms with van der Waals surface area (Å²) in [5.74, 6) is 0.497. The first kappa shape index (κ1) is 11.7. The van der Waals surface area contributed by atoms with Crippen LogP contribution in [0.5, 0.6) is 0 Å². The number of nitrogens with zero attached hydrogens (tertiary/aromatic N) is 3. The number of aryl methyl sites for hydroxylation is 1. The van der Waals surface area contributed by atoms with E-state index in [9.17, 15) is 4.39 Å². The molecule has 2 heterocycles. The van der Waals surface area contributed by atoms with Gasteiger partial charge in [0.2, 0.25) is 5.28 Å². The minimum atomic E-state index is -0.258. The Balaban J connectivity index is 2.28. The van der Waals surface area contributed by atoms with Gasteiger partial charge in [-0.2, -0.15) is 4.98 Å². The average molecular weight is 266 g/mol. The third-order valence-corrected chi connectivity index (χ3v) is 3.48. The Bertz CT molecular complexity index is 609. The zero-order valence-corrected chi connectivity index (χ0v) is 10.8. The molecule has 1 aliphatic rings. The second-order valence-electron chi connectivity index (χ2n) is 4.63. The lowest BCUT2D eigenvalue weighted by Gasteiger charge is -2.18. The summed E-state index contributed by atoms with van der Waals surface area (Å²) in [6.45, 7) is 3.72. The van der Waals surface area contributed by atoms with Crippen molar-refractivity contribution in [3.05, 3.63) is 28.8 Å². The molecule has 1 aliphatic heterocycles. The first-order valence-electron chi connectivity index (χ1n) is 6.03. The van der Waals surface area contributed by atoms with Gasteiger partial charge in [0, 0.05) is 18.5 Å². The van der Waals surface area contributed by atoms with Gasteiger partial charge in [0.15, 0.2) is 0 Å². The molecule has 2 aromatic rings. The molecule has 0 N–H and O–H groups in total. The van der Waals surface area contributed by atoms with E-state index in [1.165, 1.54) is 12.1 Å². The van der Waals surface area contributed by atoms with Gasteiger partial charge in [-0.05, 0) is 49.1 Å². The van der Waals surface area contributed by atoms with Crippen molar-refractivity contribution >= 4 is 28.3 Å². The van der Waals surface area contributed by atoms with Crippen LogP contribution in [0.15, 0.2) is 12.1 Å². The first-order valence-corrected chi connectivity index (χ1v) is 6.41. The number of rotatable bonds is 1. The van der Waals surface area contributed by atoms with Gasteiger partial charge in [0.1, 0.15) is 11.6 Å². The molecule has 5 heteroatoms. The number of halogens is 2. The third kappa shape index (κ3) is 1.90. The highest BCUT2D eigenvalue weighted by molar-refractivity contribution is 6.28. The summed E-state index contributed by atoms with van der Waals surface area (Å²) in [5.41, 5.74) is 1.52. The highest BCUT2D eigenvalue weighted by Crippen LogP contribution is 2.30. The molecule has 0 amide bonds. The van der Waals surface area contributed by atoms with Crippen molar-refractivity contribution in [3.8, 4) is 0 Å². The smallest absolute Gasteiger partial charge is 0.224 e. The second kappa shape index (κ2) is 4.35.